The van der Waals surface area contributed by atoms with Gasteiger partial charge in [-0.1, -0.05) is 5.16 Å². The Balaban J connectivity index is 1.46. The fraction of sp³-hybridized carbons (Fsp3) is 0.588. The zero-order valence-corrected chi connectivity index (χ0v) is 15.3. The van der Waals surface area contributed by atoms with Crippen molar-refractivity contribution in [3.63, 3.8) is 0 Å². The molecule has 1 unspecified atom stereocenters. The van der Waals surface area contributed by atoms with Crippen LogP contribution in [0.25, 0.3) is 0 Å². The Morgan fingerprint density at radius 2 is 2.12 bits per heavy atom. The van der Waals surface area contributed by atoms with Crippen LogP contribution in [0.1, 0.15) is 58.4 Å². The van der Waals surface area contributed by atoms with E-state index in [1.54, 1.807) is 11.3 Å². The summed E-state index contributed by atoms with van der Waals surface area (Å²) in [4.78, 5) is 18.2. The zero-order valence-electron chi connectivity index (χ0n) is 14.4. The second-order valence-electron chi connectivity index (χ2n) is 6.29. The molecule has 2 aromatic rings. The summed E-state index contributed by atoms with van der Waals surface area (Å²) < 4.78 is 5.15. The minimum Gasteiger partial charge on any atom is -0.361 e. The lowest BCUT2D eigenvalue weighted by atomic mass is 10.0. The molecule has 3 rings (SSSR count). The van der Waals surface area contributed by atoms with E-state index in [1.807, 2.05) is 20.8 Å². The molecule has 0 saturated heterocycles. The van der Waals surface area contributed by atoms with Crippen molar-refractivity contribution in [3.05, 3.63) is 32.6 Å². The molecule has 0 bridgehead atoms. The van der Waals surface area contributed by atoms with Crippen LogP contribution in [0.4, 0.5) is 4.79 Å². The van der Waals surface area contributed by atoms with Crippen molar-refractivity contribution in [1.82, 2.24) is 20.8 Å². The number of amides is 2. The third kappa shape index (κ3) is 3.77. The molecule has 0 saturated carbocycles. The number of hydrogen-bond acceptors (Lipinski definition) is 5. The molecule has 130 valence electrons. The second-order valence-corrected chi connectivity index (χ2v) is 7.46. The van der Waals surface area contributed by atoms with Crippen molar-refractivity contribution in [2.24, 2.45) is 0 Å². The number of thiazole rings is 1. The lowest BCUT2D eigenvalue weighted by molar-refractivity contribution is 0.238. The fourth-order valence-electron chi connectivity index (χ4n) is 3.22. The largest absolute Gasteiger partial charge is 0.361 e. The molecule has 0 spiro atoms. The normalized spacial score (nSPS) is 15.0. The Bertz CT molecular complexity index is 679. The fourth-order valence-corrected chi connectivity index (χ4v) is 4.38. The maximum atomic E-state index is 12.1. The standard InChI is InChI=1S/C17H24N4O2S/c1-10(16-11(2)21-23-12(16)3)19-17(22)18-9-8-15-20-13-6-4-5-7-14(13)24-15/h10H,4-9H2,1-3H3,(H2,18,19,22). The predicted octanol–water partition coefficient (Wildman–Crippen LogP) is 3.23. The smallest absolute Gasteiger partial charge is 0.315 e. The second kappa shape index (κ2) is 7.34. The first-order chi connectivity index (χ1) is 11.5. The van der Waals surface area contributed by atoms with Crippen LogP contribution in [-0.2, 0) is 19.3 Å². The van der Waals surface area contributed by atoms with Crippen LogP contribution in [0.2, 0.25) is 0 Å². The zero-order chi connectivity index (χ0) is 17.1. The quantitative estimate of drug-likeness (QED) is 0.869. The first-order valence-corrected chi connectivity index (χ1v) is 9.31. The molecule has 6 nitrogen and oxygen atoms in total. The molecular weight excluding hydrogens is 324 g/mol. The highest BCUT2D eigenvalue weighted by Crippen LogP contribution is 2.26. The Hall–Kier alpha value is -1.89. The van der Waals surface area contributed by atoms with Crippen molar-refractivity contribution in [3.8, 4) is 0 Å². The molecule has 0 fully saturated rings. The van der Waals surface area contributed by atoms with E-state index in [4.69, 9.17) is 9.51 Å². The molecule has 1 aliphatic rings. The molecule has 1 atom stereocenters. The summed E-state index contributed by atoms with van der Waals surface area (Å²) >= 11 is 1.80. The number of hydrogen-bond donors (Lipinski definition) is 2. The molecule has 1 aliphatic carbocycles. The highest BCUT2D eigenvalue weighted by molar-refractivity contribution is 7.11. The van der Waals surface area contributed by atoms with E-state index < -0.39 is 0 Å². The Labute approximate surface area is 146 Å². The van der Waals surface area contributed by atoms with Crippen LogP contribution < -0.4 is 10.6 Å². The van der Waals surface area contributed by atoms with Crippen LogP contribution in [0, 0.1) is 13.8 Å². The number of urea groups is 1. The van der Waals surface area contributed by atoms with E-state index in [2.05, 4.69) is 15.8 Å². The maximum absolute atomic E-state index is 12.1. The number of aryl methyl sites for hydroxylation is 4. The molecule has 2 heterocycles. The van der Waals surface area contributed by atoms with E-state index in [-0.39, 0.29) is 12.1 Å². The number of carbonyl (C=O) groups excluding carboxylic acids is 1. The maximum Gasteiger partial charge on any atom is 0.315 e. The van der Waals surface area contributed by atoms with Crippen LogP contribution >= 0.6 is 11.3 Å². The van der Waals surface area contributed by atoms with Crippen LogP contribution in [0.5, 0.6) is 0 Å². The molecule has 7 heteroatoms. The van der Waals surface area contributed by atoms with E-state index >= 15 is 0 Å². The van der Waals surface area contributed by atoms with Gasteiger partial charge in [0.2, 0.25) is 0 Å². The van der Waals surface area contributed by atoms with E-state index in [0.717, 1.165) is 41.3 Å². The minimum absolute atomic E-state index is 0.136. The third-order valence-corrected chi connectivity index (χ3v) is 5.60. The van der Waals surface area contributed by atoms with Gasteiger partial charge in [-0.15, -0.1) is 11.3 Å². The van der Waals surface area contributed by atoms with Crippen molar-refractivity contribution >= 4 is 17.4 Å². The van der Waals surface area contributed by atoms with Gasteiger partial charge in [0.1, 0.15) is 5.76 Å². The van der Waals surface area contributed by atoms with Crippen LogP contribution in [0.15, 0.2) is 4.52 Å². The number of nitrogens with one attached hydrogen (secondary N) is 2. The summed E-state index contributed by atoms with van der Waals surface area (Å²) in [5.41, 5.74) is 3.03. The summed E-state index contributed by atoms with van der Waals surface area (Å²) in [7, 11) is 0. The summed E-state index contributed by atoms with van der Waals surface area (Å²) in [6, 6.07) is -0.313. The van der Waals surface area contributed by atoms with Crippen molar-refractivity contribution in [2.45, 2.75) is 58.9 Å². The van der Waals surface area contributed by atoms with Gasteiger partial charge in [0.25, 0.3) is 0 Å². The molecule has 0 radical (unpaired) electrons. The third-order valence-electron chi connectivity index (χ3n) is 4.38. The van der Waals surface area contributed by atoms with Gasteiger partial charge in [0, 0.05) is 23.4 Å². The number of rotatable bonds is 5. The van der Waals surface area contributed by atoms with E-state index in [9.17, 15) is 4.79 Å². The minimum atomic E-state index is -0.177. The molecule has 0 aromatic carbocycles. The summed E-state index contributed by atoms with van der Waals surface area (Å²) in [5.74, 6) is 0.744. The lowest BCUT2D eigenvalue weighted by Crippen LogP contribution is -2.38. The molecule has 2 aromatic heterocycles. The first kappa shape index (κ1) is 17.0. The van der Waals surface area contributed by atoms with Gasteiger partial charge in [-0.3, -0.25) is 0 Å². The lowest BCUT2D eigenvalue weighted by Gasteiger charge is -2.14. The topological polar surface area (TPSA) is 80.0 Å². The van der Waals surface area contributed by atoms with E-state index in [0.29, 0.717) is 6.54 Å². The van der Waals surface area contributed by atoms with Gasteiger partial charge in [0.05, 0.1) is 22.4 Å². The van der Waals surface area contributed by atoms with Crippen molar-refractivity contribution in [2.75, 3.05) is 6.54 Å². The molecule has 2 amide bonds. The van der Waals surface area contributed by atoms with Crippen molar-refractivity contribution < 1.29 is 9.32 Å². The Kier molecular flexibility index (Phi) is 5.18. The highest BCUT2D eigenvalue weighted by Gasteiger charge is 2.18. The molecule has 2 N–H and O–H groups in total. The number of aromatic nitrogens is 2. The van der Waals surface area contributed by atoms with Gasteiger partial charge in [-0.25, -0.2) is 9.78 Å². The first-order valence-electron chi connectivity index (χ1n) is 8.49. The monoisotopic (exact) mass is 348 g/mol. The van der Waals surface area contributed by atoms with Gasteiger partial charge in [-0.05, 0) is 46.5 Å². The van der Waals surface area contributed by atoms with Gasteiger partial charge >= 0.3 is 6.03 Å². The summed E-state index contributed by atoms with van der Waals surface area (Å²) in [5, 5.41) is 10.9. The molecule has 24 heavy (non-hydrogen) atoms. The summed E-state index contributed by atoms with van der Waals surface area (Å²) in [6.45, 7) is 6.26. The predicted molar refractivity (Wildman–Crippen MR) is 93.4 cm³/mol. The number of carbonyl (C=O) groups is 1. The Morgan fingerprint density at radius 1 is 1.33 bits per heavy atom. The molecule has 0 aliphatic heterocycles. The SMILES string of the molecule is Cc1noc(C)c1C(C)NC(=O)NCCc1nc2c(s1)CCCC2. The Morgan fingerprint density at radius 3 is 2.83 bits per heavy atom. The highest BCUT2D eigenvalue weighted by atomic mass is 32.1. The number of fused-ring (bicyclic) bond motifs is 1. The van der Waals surface area contributed by atoms with Gasteiger partial charge < -0.3 is 15.2 Å². The average Bonchev–Trinajstić information content (AvgIpc) is 3.09. The van der Waals surface area contributed by atoms with Gasteiger partial charge in [0.15, 0.2) is 0 Å². The van der Waals surface area contributed by atoms with Gasteiger partial charge in [-0.2, -0.15) is 0 Å². The van der Waals surface area contributed by atoms with E-state index in [1.165, 1.54) is 23.4 Å². The average molecular weight is 348 g/mol. The number of nitrogens with zero attached hydrogens (tertiary/aromatic N) is 2. The van der Waals surface area contributed by atoms with Crippen LogP contribution in [0.3, 0.4) is 0 Å². The van der Waals surface area contributed by atoms with Crippen molar-refractivity contribution in [1.29, 1.82) is 0 Å². The van der Waals surface area contributed by atoms with Crippen LogP contribution in [-0.4, -0.2) is 22.7 Å². The molecular formula is C17H24N4O2S. The summed E-state index contributed by atoms with van der Waals surface area (Å²) in [6.07, 6.45) is 5.57.